The number of nitrogens with zero attached hydrogens (tertiary/aromatic N) is 2. The molecule has 29 heavy (non-hydrogen) atoms. The highest BCUT2D eigenvalue weighted by Crippen LogP contribution is 2.41. The molecule has 2 heterocycles. The second-order valence-corrected chi connectivity index (χ2v) is 10.7. The Morgan fingerprint density at radius 3 is 2.21 bits per heavy atom. The van der Waals surface area contributed by atoms with Gasteiger partial charge in [0.05, 0.1) is 11.2 Å². The van der Waals surface area contributed by atoms with E-state index in [-0.39, 0.29) is 6.09 Å². The third-order valence-corrected chi connectivity index (χ3v) is 6.04. The molecule has 0 unspecified atom stereocenters. The molecule has 0 spiro atoms. The summed E-state index contributed by atoms with van der Waals surface area (Å²) in [5.41, 5.74) is 0.502. The SMILES string of the molecule is CC(C)(C)OC(=O)N1CCc2c1ccc1c2ccn1C(=O)OC(C)(C)C(Cl)(Cl)Cl. The molecule has 0 aliphatic carbocycles. The maximum Gasteiger partial charge on any atom is 0.419 e. The summed E-state index contributed by atoms with van der Waals surface area (Å²) >= 11 is 17.7. The van der Waals surface area contributed by atoms with Crippen LogP contribution in [-0.2, 0) is 15.9 Å². The largest absolute Gasteiger partial charge is 0.443 e. The highest BCUT2D eigenvalue weighted by molar-refractivity contribution is 6.68. The van der Waals surface area contributed by atoms with Crippen molar-refractivity contribution >= 4 is 63.6 Å². The molecule has 1 aromatic heterocycles. The van der Waals surface area contributed by atoms with Crippen LogP contribution in [0.15, 0.2) is 24.4 Å². The van der Waals surface area contributed by atoms with Gasteiger partial charge in [-0.15, -0.1) is 0 Å². The van der Waals surface area contributed by atoms with Crippen molar-refractivity contribution < 1.29 is 19.1 Å². The van der Waals surface area contributed by atoms with E-state index in [1.165, 1.54) is 18.4 Å². The van der Waals surface area contributed by atoms with Crippen molar-refractivity contribution in [1.82, 2.24) is 4.57 Å². The van der Waals surface area contributed by atoms with Gasteiger partial charge in [-0.3, -0.25) is 9.47 Å². The molecule has 158 valence electrons. The number of amides is 1. The summed E-state index contributed by atoms with van der Waals surface area (Å²) in [6.45, 7) is 9.06. The number of ether oxygens (including phenoxy) is 2. The van der Waals surface area contributed by atoms with E-state index in [1.54, 1.807) is 23.2 Å². The zero-order valence-electron chi connectivity index (χ0n) is 16.9. The van der Waals surface area contributed by atoms with Crippen LogP contribution in [0, 0.1) is 0 Å². The Kier molecular flexibility index (Phi) is 5.52. The Hall–Kier alpha value is -1.63. The average Bonchev–Trinajstić information content (AvgIpc) is 3.15. The molecule has 0 bridgehead atoms. The number of rotatable bonds is 1. The molecule has 1 aromatic carbocycles. The molecule has 0 fully saturated rings. The molecule has 0 radical (unpaired) electrons. The smallest absolute Gasteiger partial charge is 0.419 e. The predicted molar refractivity (Wildman–Crippen MR) is 115 cm³/mol. The number of hydrogen-bond acceptors (Lipinski definition) is 4. The van der Waals surface area contributed by atoms with Crippen molar-refractivity contribution in [2.75, 3.05) is 11.4 Å². The molecule has 0 atom stereocenters. The quantitative estimate of drug-likeness (QED) is 0.483. The maximum atomic E-state index is 12.7. The van der Waals surface area contributed by atoms with Gasteiger partial charge in [-0.25, -0.2) is 9.59 Å². The van der Waals surface area contributed by atoms with Gasteiger partial charge in [-0.05, 0) is 64.8 Å². The van der Waals surface area contributed by atoms with Crippen molar-refractivity contribution in [2.45, 2.75) is 56.0 Å². The van der Waals surface area contributed by atoms with Crippen molar-refractivity contribution in [3.8, 4) is 0 Å². The van der Waals surface area contributed by atoms with Crippen molar-refractivity contribution in [3.63, 3.8) is 0 Å². The van der Waals surface area contributed by atoms with Gasteiger partial charge in [0, 0.05) is 18.1 Å². The zero-order chi connectivity index (χ0) is 21.8. The lowest BCUT2D eigenvalue weighted by Gasteiger charge is -2.31. The monoisotopic (exact) mass is 460 g/mol. The first kappa shape index (κ1) is 22.1. The molecule has 1 aliphatic rings. The fourth-order valence-corrected chi connectivity index (χ4v) is 3.23. The zero-order valence-corrected chi connectivity index (χ0v) is 19.2. The number of aromatic nitrogens is 1. The number of benzene rings is 1. The number of carbonyl (C=O) groups excluding carboxylic acids is 2. The van der Waals surface area contributed by atoms with Gasteiger partial charge in [0.15, 0.2) is 5.60 Å². The number of halogens is 3. The first-order valence-corrected chi connectivity index (χ1v) is 10.3. The molecule has 0 saturated heterocycles. The van der Waals surface area contributed by atoms with E-state index in [1.807, 2.05) is 26.8 Å². The van der Waals surface area contributed by atoms with Crippen LogP contribution in [-0.4, -0.2) is 38.3 Å². The summed E-state index contributed by atoms with van der Waals surface area (Å²) in [5.74, 6) is 0. The molecule has 1 amide bonds. The second kappa shape index (κ2) is 7.25. The van der Waals surface area contributed by atoms with Gasteiger partial charge in [0.1, 0.15) is 5.60 Å². The van der Waals surface area contributed by atoms with Gasteiger partial charge < -0.3 is 9.47 Å². The minimum absolute atomic E-state index is 0.390. The summed E-state index contributed by atoms with van der Waals surface area (Å²) < 4.78 is 10.5. The van der Waals surface area contributed by atoms with Crippen molar-refractivity contribution in [2.24, 2.45) is 0 Å². The summed E-state index contributed by atoms with van der Waals surface area (Å²) in [5, 5.41) is 0.859. The normalized spacial score (nSPS) is 14.8. The third kappa shape index (κ3) is 4.30. The van der Waals surface area contributed by atoms with E-state index in [2.05, 4.69) is 0 Å². The van der Waals surface area contributed by atoms with Crippen LogP contribution >= 0.6 is 34.8 Å². The highest BCUT2D eigenvalue weighted by Gasteiger charge is 2.44. The van der Waals surface area contributed by atoms with Crippen LogP contribution in [0.4, 0.5) is 15.3 Å². The molecule has 3 rings (SSSR count). The molecule has 6 nitrogen and oxygen atoms in total. The summed E-state index contributed by atoms with van der Waals surface area (Å²) in [6.07, 6.45) is 1.22. The first-order valence-electron chi connectivity index (χ1n) is 9.15. The van der Waals surface area contributed by atoms with E-state index >= 15 is 0 Å². The number of fused-ring (bicyclic) bond motifs is 3. The topological polar surface area (TPSA) is 60.8 Å². The van der Waals surface area contributed by atoms with E-state index < -0.39 is 21.1 Å². The number of alkyl halides is 3. The van der Waals surface area contributed by atoms with Crippen molar-refractivity contribution in [1.29, 1.82) is 0 Å². The number of carbonyl (C=O) groups is 2. The molecule has 0 N–H and O–H groups in total. The fourth-order valence-electron chi connectivity index (χ4n) is 3.12. The molecular formula is C20H23Cl3N2O4. The highest BCUT2D eigenvalue weighted by atomic mass is 35.6. The third-order valence-electron chi connectivity index (χ3n) is 4.67. The van der Waals surface area contributed by atoms with Crippen LogP contribution in [0.3, 0.4) is 0 Å². The van der Waals surface area contributed by atoms with Gasteiger partial charge in [0.25, 0.3) is 0 Å². The Balaban J connectivity index is 1.91. The molecule has 9 heteroatoms. The molecule has 0 saturated carbocycles. The van der Waals surface area contributed by atoms with Crippen LogP contribution in [0.2, 0.25) is 0 Å². The van der Waals surface area contributed by atoms with Gasteiger partial charge in [-0.2, -0.15) is 0 Å². The van der Waals surface area contributed by atoms with E-state index in [4.69, 9.17) is 44.3 Å². The predicted octanol–water partition coefficient (Wildman–Crippen LogP) is 6.07. The van der Waals surface area contributed by atoms with Crippen LogP contribution in [0.5, 0.6) is 0 Å². The van der Waals surface area contributed by atoms with Gasteiger partial charge >= 0.3 is 12.2 Å². The summed E-state index contributed by atoms with van der Waals surface area (Å²) in [6, 6.07) is 5.38. The Bertz CT molecular complexity index is 970. The number of hydrogen-bond donors (Lipinski definition) is 0. The molecular weight excluding hydrogens is 439 g/mol. The summed E-state index contributed by atoms with van der Waals surface area (Å²) in [7, 11) is 0. The molecule has 2 aromatic rings. The van der Waals surface area contributed by atoms with Crippen molar-refractivity contribution in [3.05, 3.63) is 30.0 Å². The lowest BCUT2D eigenvalue weighted by molar-refractivity contribution is 0.0432. The van der Waals surface area contributed by atoms with Crippen LogP contribution < -0.4 is 4.90 Å². The fraction of sp³-hybridized carbons (Fsp3) is 0.500. The van der Waals surface area contributed by atoms with Gasteiger partial charge in [-0.1, -0.05) is 34.8 Å². The minimum Gasteiger partial charge on any atom is -0.443 e. The average molecular weight is 462 g/mol. The standard InChI is InChI=1S/C20H23Cl3N2O4/c1-18(2,3)28-16(26)24-10-8-12-13-9-11-25(15(13)7-6-14(12)24)17(27)29-19(4,5)20(21,22)23/h6-7,9,11H,8,10H2,1-5H3. The number of anilines is 1. The molecule has 1 aliphatic heterocycles. The van der Waals surface area contributed by atoms with E-state index in [9.17, 15) is 9.59 Å². The lowest BCUT2D eigenvalue weighted by atomic mass is 10.1. The Labute approximate surface area is 184 Å². The minimum atomic E-state index is -1.78. The first-order chi connectivity index (χ1) is 13.2. The Morgan fingerprint density at radius 1 is 0.966 bits per heavy atom. The Morgan fingerprint density at radius 2 is 1.62 bits per heavy atom. The second-order valence-electron chi connectivity index (χ2n) is 8.44. The maximum absolute atomic E-state index is 12.7. The lowest BCUT2D eigenvalue weighted by Crippen LogP contribution is -2.42. The van der Waals surface area contributed by atoms with Gasteiger partial charge in [0.2, 0.25) is 3.79 Å². The van der Waals surface area contributed by atoms with Crippen LogP contribution in [0.25, 0.3) is 10.9 Å². The van der Waals surface area contributed by atoms with Crippen LogP contribution in [0.1, 0.15) is 40.2 Å². The van der Waals surface area contributed by atoms with E-state index in [0.29, 0.717) is 18.5 Å². The van der Waals surface area contributed by atoms with E-state index in [0.717, 1.165) is 16.6 Å². The summed E-state index contributed by atoms with van der Waals surface area (Å²) in [4.78, 5) is 26.8.